The maximum absolute atomic E-state index is 10.8. The number of nitriles is 1. The van der Waals surface area contributed by atoms with E-state index in [0.717, 1.165) is 22.6 Å². The van der Waals surface area contributed by atoms with Gasteiger partial charge in [0.05, 0.1) is 17.3 Å². The van der Waals surface area contributed by atoms with Crippen LogP contribution in [-0.2, 0) is 0 Å². The Morgan fingerprint density at radius 1 is 1.42 bits per heavy atom. The minimum Gasteiger partial charge on any atom is -0.477 e. The van der Waals surface area contributed by atoms with Crippen LogP contribution in [0.4, 0.5) is 0 Å². The average molecular weight is 269 g/mol. The Morgan fingerprint density at radius 3 is 2.95 bits per heavy atom. The molecule has 1 N–H and O–H groups in total. The minimum atomic E-state index is -0.955. The number of carboxylic acids is 1. The number of carbonyl (C=O) groups is 1. The van der Waals surface area contributed by atoms with Crippen LogP contribution in [0.3, 0.4) is 0 Å². The number of aromatic carboxylic acids is 1. The summed E-state index contributed by atoms with van der Waals surface area (Å²) in [7, 11) is 0. The van der Waals surface area contributed by atoms with Gasteiger partial charge in [-0.1, -0.05) is 23.5 Å². The van der Waals surface area contributed by atoms with Crippen LogP contribution >= 0.6 is 11.3 Å². The van der Waals surface area contributed by atoms with Crippen molar-refractivity contribution in [1.82, 2.24) is 9.38 Å². The Morgan fingerprint density at radius 2 is 2.26 bits per heavy atom. The summed E-state index contributed by atoms with van der Waals surface area (Å²) in [5, 5.41) is 17.8. The highest BCUT2D eigenvalue weighted by molar-refractivity contribution is 7.18. The number of thiazole rings is 1. The first-order valence-electron chi connectivity index (χ1n) is 5.40. The van der Waals surface area contributed by atoms with Gasteiger partial charge in [-0.25, -0.2) is 9.78 Å². The fourth-order valence-electron chi connectivity index (χ4n) is 1.78. The second kappa shape index (κ2) is 4.23. The molecule has 92 valence electrons. The standard InChI is InChI=1S/C13H7N3O2S/c14-5-8-2-1-3-9(4-8)10-6-16-7-11(12(17)18)19-13(16)15-10/h1-4,6-7H,(H,17,18). The zero-order valence-corrected chi connectivity index (χ0v) is 10.4. The smallest absolute Gasteiger partial charge is 0.347 e. The number of aromatic nitrogens is 2. The summed E-state index contributed by atoms with van der Waals surface area (Å²) in [6.07, 6.45) is 3.29. The van der Waals surface area contributed by atoms with Crippen LogP contribution in [0.15, 0.2) is 36.7 Å². The van der Waals surface area contributed by atoms with Crippen LogP contribution in [0.1, 0.15) is 15.2 Å². The average Bonchev–Trinajstić information content (AvgIpc) is 2.96. The maximum atomic E-state index is 10.8. The molecule has 0 unspecified atom stereocenters. The van der Waals surface area contributed by atoms with E-state index in [4.69, 9.17) is 10.4 Å². The minimum absolute atomic E-state index is 0.250. The van der Waals surface area contributed by atoms with Crippen molar-refractivity contribution >= 4 is 22.3 Å². The highest BCUT2D eigenvalue weighted by Gasteiger charge is 2.12. The molecule has 0 radical (unpaired) electrons. The van der Waals surface area contributed by atoms with E-state index >= 15 is 0 Å². The van der Waals surface area contributed by atoms with Crippen molar-refractivity contribution in [2.24, 2.45) is 0 Å². The second-order valence-electron chi connectivity index (χ2n) is 3.91. The molecule has 0 aliphatic heterocycles. The fraction of sp³-hybridized carbons (Fsp3) is 0. The van der Waals surface area contributed by atoms with Gasteiger partial charge in [-0.2, -0.15) is 5.26 Å². The first-order valence-corrected chi connectivity index (χ1v) is 6.21. The van der Waals surface area contributed by atoms with E-state index in [2.05, 4.69) is 11.1 Å². The van der Waals surface area contributed by atoms with Crippen molar-refractivity contribution in [3.05, 3.63) is 47.1 Å². The third kappa shape index (κ3) is 1.96. The molecule has 6 heteroatoms. The largest absolute Gasteiger partial charge is 0.477 e. The Bertz CT molecular complexity index is 794. The van der Waals surface area contributed by atoms with Crippen molar-refractivity contribution in [3.8, 4) is 17.3 Å². The van der Waals surface area contributed by atoms with E-state index in [1.807, 2.05) is 6.07 Å². The molecule has 2 heterocycles. The van der Waals surface area contributed by atoms with E-state index in [1.165, 1.54) is 6.20 Å². The van der Waals surface area contributed by atoms with Gasteiger partial charge in [-0.05, 0) is 12.1 Å². The number of imidazole rings is 1. The number of hydrogen-bond donors (Lipinski definition) is 1. The molecule has 19 heavy (non-hydrogen) atoms. The third-order valence-electron chi connectivity index (χ3n) is 2.65. The topological polar surface area (TPSA) is 78.4 Å². The van der Waals surface area contributed by atoms with Crippen molar-refractivity contribution < 1.29 is 9.90 Å². The lowest BCUT2D eigenvalue weighted by Crippen LogP contribution is -1.90. The van der Waals surface area contributed by atoms with Crippen molar-refractivity contribution in [2.45, 2.75) is 0 Å². The maximum Gasteiger partial charge on any atom is 0.347 e. The number of fused-ring (bicyclic) bond motifs is 1. The molecule has 0 amide bonds. The number of hydrogen-bond acceptors (Lipinski definition) is 4. The second-order valence-corrected chi connectivity index (χ2v) is 4.92. The van der Waals surface area contributed by atoms with Gasteiger partial charge in [0.2, 0.25) is 0 Å². The molecule has 3 rings (SSSR count). The molecule has 2 aromatic heterocycles. The predicted octanol–water partition coefficient (Wildman–Crippen LogP) is 2.63. The summed E-state index contributed by atoms with van der Waals surface area (Å²) in [5.74, 6) is -0.955. The molecule has 0 saturated carbocycles. The quantitative estimate of drug-likeness (QED) is 0.775. The summed E-state index contributed by atoms with van der Waals surface area (Å²) < 4.78 is 1.68. The van der Waals surface area contributed by atoms with Crippen LogP contribution < -0.4 is 0 Å². The van der Waals surface area contributed by atoms with Crippen molar-refractivity contribution in [2.75, 3.05) is 0 Å². The van der Waals surface area contributed by atoms with Gasteiger partial charge in [0.1, 0.15) is 4.88 Å². The zero-order chi connectivity index (χ0) is 13.4. The number of rotatable bonds is 2. The Hall–Kier alpha value is -2.65. The van der Waals surface area contributed by atoms with Crippen molar-refractivity contribution in [3.63, 3.8) is 0 Å². The predicted molar refractivity (Wildman–Crippen MR) is 70.2 cm³/mol. The molecule has 0 atom stereocenters. The summed E-state index contributed by atoms with van der Waals surface area (Å²) in [4.78, 5) is 16.1. The lowest BCUT2D eigenvalue weighted by atomic mass is 10.1. The van der Waals surface area contributed by atoms with Gasteiger partial charge in [0.25, 0.3) is 0 Å². The van der Waals surface area contributed by atoms with E-state index in [0.29, 0.717) is 10.5 Å². The van der Waals surface area contributed by atoms with E-state index in [1.54, 1.807) is 28.8 Å². The Kier molecular flexibility index (Phi) is 2.54. The first-order chi connectivity index (χ1) is 9.17. The van der Waals surface area contributed by atoms with E-state index < -0.39 is 5.97 Å². The highest BCUT2D eigenvalue weighted by atomic mass is 32.1. The molecule has 0 spiro atoms. The summed E-state index contributed by atoms with van der Waals surface area (Å²) in [5.41, 5.74) is 2.13. The van der Waals surface area contributed by atoms with Gasteiger partial charge >= 0.3 is 5.97 Å². The lowest BCUT2D eigenvalue weighted by Gasteiger charge is -1.95. The van der Waals surface area contributed by atoms with Gasteiger partial charge in [0.15, 0.2) is 4.96 Å². The van der Waals surface area contributed by atoms with E-state index in [-0.39, 0.29) is 4.88 Å². The number of carboxylic acid groups (broad SMARTS) is 1. The molecule has 1 aromatic carbocycles. The third-order valence-corrected chi connectivity index (χ3v) is 3.64. The van der Waals surface area contributed by atoms with Gasteiger partial charge in [0, 0.05) is 18.0 Å². The van der Waals surface area contributed by atoms with Gasteiger partial charge in [-0.3, -0.25) is 4.40 Å². The van der Waals surface area contributed by atoms with Crippen LogP contribution in [0, 0.1) is 11.3 Å². The van der Waals surface area contributed by atoms with Crippen LogP contribution in [0.5, 0.6) is 0 Å². The lowest BCUT2D eigenvalue weighted by molar-refractivity contribution is 0.0702. The van der Waals surface area contributed by atoms with Gasteiger partial charge in [-0.15, -0.1) is 0 Å². The first kappa shape index (κ1) is 11.4. The van der Waals surface area contributed by atoms with E-state index in [9.17, 15) is 4.79 Å². The molecular formula is C13H7N3O2S. The molecule has 5 nitrogen and oxygen atoms in total. The van der Waals surface area contributed by atoms with Gasteiger partial charge < -0.3 is 5.11 Å². The monoisotopic (exact) mass is 269 g/mol. The molecule has 3 aromatic rings. The summed E-state index contributed by atoms with van der Waals surface area (Å²) >= 11 is 1.12. The number of benzene rings is 1. The molecule has 0 saturated heterocycles. The van der Waals surface area contributed by atoms with Crippen LogP contribution in [0.2, 0.25) is 0 Å². The SMILES string of the molecule is N#Cc1cccc(-c2cn3cc(C(=O)O)sc3n2)c1. The van der Waals surface area contributed by atoms with Crippen molar-refractivity contribution in [1.29, 1.82) is 5.26 Å². The zero-order valence-electron chi connectivity index (χ0n) is 9.57. The molecule has 0 aliphatic rings. The molecule has 0 bridgehead atoms. The highest BCUT2D eigenvalue weighted by Crippen LogP contribution is 2.24. The summed E-state index contributed by atoms with van der Waals surface area (Å²) in [6, 6.07) is 9.22. The molecule has 0 fully saturated rings. The van der Waals surface area contributed by atoms with Crippen LogP contribution in [-0.4, -0.2) is 20.5 Å². The fourth-order valence-corrected chi connectivity index (χ4v) is 2.59. The summed E-state index contributed by atoms with van der Waals surface area (Å²) in [6.45, 7) is 0. The molecule has 0 aliphatic carbocycles. The Balaban J connectivity index is 2.08. The Labute approximate surface area is 112 Å². The number of nitrogens with zero attached hydrogens (tertiary/aromatic N) is 3. The normalized spacial score (nSPS) is 10.5. The molecular weight excluding hydrogens is 262 g/mol. The van der Waals surface area contributed by atoms with Crippen LogP contribution in [0.25, 0.3) is 16.2 Å².